The summed E-state index contributed by atoms with van der Waals surface area (Å²) in [4.78, 5) is 21.7. The van der Waals surface area contributed by atoms with E-state index >= 15 is 0 Å². The molecule has 0 radical (unpaired) electrons. The van der Waals surface area contributed by atoms with E-state index in [2.05, 4.69) is 26.1 Å². The van der Waals surface area contributed by atoms with Gasteiger partial charge in [-0.1, -0.05) is 6.07 Å². The molecule has 2 aromatic heterocycles. The molecule has 7 heteroatoms. The zero-order chi connectivity index (χ0) is 19.5. The molecule has 1 N–H and O–H groups in total. The topological polar surface area (TPSA) is 74.4 Å². The molecule has 0 unspecified atom stereocenters. The van der Waals surface area contributed by atoms with E-state index in [1.165, 1.54) is 5.56 Å². The number of carbonyl (C=O) groups is 1. The molecule has 0 aliphatic carbocycles. The summed E-state index contributed by atoms with van der Waals surface area (Å²) in [7, 11) is 0. The molecular formula is C21H29N5O2. The Hall–Kier alpha value is -2.25. The van der Waals surface area contributed by atoms with Crippen LogP contribution in [0.15, 0.2) is 30.7 Å². The van der Waals surface area contributed by atoms with Crippen molar-refractivity contribution in [1.29, 1.82) is 0 Å². The summed E-state index contributed by atoms with van der Waals surface area (Å²) in [5.74, 6) is 0.422. The van der Waals surface area contributed by atoms with Gasteiger partial charge in [0.25, 0.3) is 5.91 Å². The number of nitrogens with one attached hydrogen (secondary N) is 1. The molecule has 28 heavy (non-hydrogen) atoms. The lowest BCUT2D eigenvalue weighted by molar-refractivity contribution is -0.0586. The van der Waals surface area contributed by atoms with Gasteiger partial charge in [0.05, 0.1) is 29.7 Å². The summed E-state index contributed by atoms with van der Waals surface area (Å²) < 4.78 is 5.76. The number of ether oxygens (including phenoxy) is 1. The van der Waals surface area contributed by atoms with E-state index in [9.17, 15) is 4.79 Å². The van der Waals surface area contributed by atoms with E-state index in [1.54, 1.807) is 6.20 Å². The maximum Gasteiger partial charge on any atom is 0.257 e. The van der Waals surface area contributed by atoms with Crippen LogP contribution in [0.5, 0.6) is 0 Å². The number of piperidine rings is 1. The maximum atomic E-state index is 13.1. The molecule has 2 fully saturated rings. The van der Waals surface area contributed by atoms with Gasteiger partial charge >= 0.3 is 0 Å². The van der Waals surface area contributed by atoms with Crippen LogP contribution in [0.2, 0.25) is 0 Å². The zero-order valence-corrected chi connectivity index (χ0v) is 16.7. The van der Waals surface area contributed by atoms with Gasteiger partial charge in [-0.05, 0) is 51.4 Å². The lowest BCUT2D eigenvalue weighted by Crippen LogP contribution is -2.48. The molecule has 2 aromatic rings. The summed E-state index contributed by atoms with van der Waals surface area (Å²) in [6.07, 6.45) is 7.63. The second-order valence-corrected chi connectivity index (χ2v) is 8.08. The first-order chi connectivity index (χ1) is 13.6. The molecule has 2 atom stereocenters. The fraction of sp³-hybridized carbons (Fsp3) is 0.571. The number of aromatic nitrogens is 3. The lowest BCUT2D eigenvalue weighted by Gasteiger charge is -2.36. The van der Waals surface area contributed by atoms with Crippen LogP contribution in [-0.4, -0.2) is 69.3 Å². The van der Waals surface area contributed by atoms with Crippen LogP contribution in [0.25, 0.3) is 0 Å². The average Bonchev–Trinajstić information content (AvgIpc) is 3.18. The highest BCUT2D eigenvalue weighted by Crippen LogP contribution is 2.30. The fourth-order valence-electron chi connectivity index (χ4n) is 4.42. The predicted octanol–water partition coefficient (Wildman–Crippen LogP) is 2.43. The number of H-pyrrole nitrogens is 1. The first-order valence-electron chi connectivity index (χ1n) is 10.2. The van der Waals surface area contributed by atoms with E-state index in [-0.39, 0.29) is 18.1 Å². The van der Waals surface area contributed by atoms with Crippen molar-refractivity contribution in [2.75, 3.05) is 26.2 Å². The van der Waals surface area contributed by atoms with Crippen molar-refractivity contribution in [3.63, 3.8) is 0 Å². The van der Waals surface area contributed by atoms with Crippen molar-refractivity contribution in [3.8, 4) is 0 Å². The minimum absolute atomic E-state index is 0.0683. The van der Waals surface area contributed by atoms with Crippen LogP contribution >= 0.6 is 0 Å². The third-order valence-electron chi connectivity index (χ3n) is 5.73. The number of amides is 1. The van der Waals surface area contributed by atoms with E-state index in [0.29, 0.717) is 19.0 Å². The normalized spacial score (nSPS) is 24.4. The number of hydrogen-bond donors (Lipinski definition) is 1. The van der Waals surface area contributed by atoms with Crippen molar-refractivity contribution >= 4 is 5.91 Å². The second-order valence-electron chi connectivity index (χ2n) is 8.08. The molecule has 2 saturated heterocycles. The molecule has 2 aliphatic rings. The smallest absolute Gasteiger partial charge is 0.257 e. The van der Waals surface area contributed by atoms with Gasteiger partial charge in [-0.2, -0.15) is 5.10 Å². The number of likely N-dealkylation sites (tertiary alicyclic amines) is 1. The van der Waals surface area contributed by atoms with Gasteiger partial charge < -0.3 is 9.64 Å². The predicted molar refractivity (Wildman–Crippen MR) is 106 cm³/mol. The van der Waals surface area contributed by atoms with Gasteiger partial charge in [-0.3, -0.25) is 19.8 Å². The van der Waals surface area contributed by atoms with Gasteiger partial charge in [-0.25, -0.2) is 0 Å². The van der Waals surface area contributed by atoms with Crippen molar-refractivity contribution < 1.29 is 9.53 Å². The van der Waals surface area contributed by atoms with E-state index in [1.807, 2.05) is 37.2 Å². The maximum absolute atomic E-state index is 13.1. The molecule has 4 rings (SSSR count). The zero-order valence-electron chi connectivity index (χ0n) is 16.7. The summed E-state index contributed by atoms with van der Waals surface area (Å²) in [6.45, 7) is 8.26. The standard InChI is InChI=1S/C21H29N5O2/c1-15-12-26(13-16(2)28-15)21(27)19-11-23-24-20(19)18-5-8-25(9-6-18)14-17-4-3-7-22-10-17/h3-4,7,10-11,15-16,18H,5-6,8-9,12-14H2,1-2H3,(H,23,24)/t15-,16-/m1/s1. The molecule has 2 aliphatic heterocycles. The monoisotopic (exact) mass is 383 g/mol. The molecule has 0 saturated carbocycles. The number of rotatable bonds is 4. The Balaban J connectivity index is 1.39. The summed E-state index contributed by atoms with van der Waals surface area (Å²) in [5, 5.41) is 7.34. The Morgan fingerprint density at radius 2 is 1.96 bits per heavy atom. The number of carbonyl (C=O) groups excluding carboxylic acids is 1. The van der Waals surface area contributed by atoms with Crippen molar-refractivity contribution in [2.45, 2.75) is 51.4 Å². The molecule has 0 aromatic carbocycles. The lowest BCUT2D eigenvalue weighted by atomic mass is 9.91. The number of pyridine rings is 1. The number of aromatic amines is 1. The first kappa shape index (κ1) is 19.1. The summed E-state index contributed by atoms with van der Waals surface area (Å²) in [6, 6.07) is 4.10. The van der Waals surface area contributed by atoms with E-state index in [0.717, 1.165) is 43.7 Å². The van der Waals surface area contributed by atoms with Crippen molar-refractivity contribution in [2.24, 2.45) is 0 Å². The number of nitrogens with zero attached hydrogens (tertiary/aromatic N) is 4. The third-order valence-corrected chi connectivity index (χ3v) is 5.73. The second kappa shape index (κ2) is 8.41. The average molecular weight is 383 g/mol. The highest BCUT2D eigenvalue weighted by molar-refractivity contribution is 5.95. The summed E-state index contributed by atoms with van der Waals surface area (Å²) >= 11 is 0. The summed E-state index contributed by atoms with van der Waals surface area (Å²) in [5.41, 5.74) is 2.97. The number of morpholine rings is 1. The highest BCUT2D eigenvalue weighted by Gasteiger charge is 2.31. The van der Waals surface area contributed by atoms with Gasteiger partial charge in [0.1, 0.15) is 0 Å². The van der Waals surface area contributed by atoms with Gasteiger partial charge in [0.15, 0.2) is 0 Å². The SMILES string of the molecule is C[C@@H]1CN(C(=O)c2cn[nH]c2C2CCN(Cc3cccnc3)CC2)C[C@@H](C)O1. The minimum Gasteiger partial charge on any atom is -0.372 e. The van der Waals surface area contributed by atoms with Crippen LogP contribution in [0.1, 0.15) is 54.2 Å². The molecule has 0 bridgehead atoms. The molecule has 150 valence electrons. The Morgan fingerprint density at radius 3 is 2.64 bits per heavy atom. The first-order valence-corrected chi connectivity index (χ1v) is 10.2. The Kier molecular flexibility index (Phi) is 5.73. The highest BCUT2D eigenvalue weighted by atomic mass is 16.5. The minimum atomic E-state index is 0.0683. The van der Waals surface area contributed by atoms with E-state index < -0.39 is 0 Å². The molecule has 0 spiro atoms. The fourth-order valence-corrected chi connectivity index (χ4v) is 4.42. The molecular weight excluding hydrogens is 354 g/mol. The van der Waals surface area contributed by atoms with Crippen molar-refractivity contribution in [3.05, 3.63) is 47.5 Å². The quantitative estimate of drug-likeness (QED) is 0.878. The number of hydrogen-bond acceptors (Lipinski definition) is 5. The molecule has 1 amide bonds. The Bertz CT molecular complexity index is 775. The van der Waals surface area contributed by atoms with Gasteiger partial charge in [0.2, 0.25) is 0 Å². The third kappa shape index (κ3) is 4.25. The Labute approximate surface area is 166 Å². The van der Waals surface area contributed by atoms with Crippen molar-refractivity contribution in [1.82, 2.24) is 25.0 Å². The van der Waals surface area contributed by atoms with Crippen LogP contribution in [0.4, 0.5) is 0 Å². The molecule has 4 heterocycles. The molecule has 7 nitrogen and oxygen atoms in total. The van der Waals surface area contributed by atoms with Crippen LogP contribution in [0, 0.1) is 0 Å². The van der Waals surface area contributed by atoms with Crippen LogP contribution < -0.4 is 0 Å². The van der Waals surface area contributed by atoms with E-state index in [4.69, 9.17) is 4.74 Å². The largest absolute Gasteiger partial charge is 0.372 e. The van der Waals surface area contributed by atoms with Gasteiger partial charge in [0, 0.05) is 37.9 Å². The Morgan fingerprint density at radius 1 is 1.21 bits per heavy atom. The van der Waals surface area contributed by atoms with Crippen LogP contribution in [0.3, 0.4) is 0 Å². The van der Waals surface area contributed by atoms with Gasteiger partial charge in [-0.15, -0.1) is 0 Å². The van der Waals surface area contributed by atoms with Crippen LogP contribution in [-0.2, 0) is 11.3 Å².